The van der Waals surface area contributed by atoms with E-state index in [1.165, 1.54) is 0 Å². The van der Waals surface area contributed by atoms with Gasteiger partial charge in [-0.05, 0) is 30.0 Å². The number of hydrogen-bond acceptors (Lipinski definition) is 4. The monoisotopic (exact) mass is 398 g/mol. The lowest BCUT2D eigenvalue weighted by atomic mass is 9.90. The highest BCUT2D eigenvalue weighted by Gasteiger charge is 2.17. The van der Waals surface area contributed by atoms with Crippen molar-refractivity contribution in [3.63, 3.8) is 0 Å². The third kappa shape index (κ3) is 7.00. The number of amides is 2. The number of hydrazine groups is 1. The molecule has 0 saturated heterocycles. The van der Waals surface area contributed by atoms with Crippen molar-refractivity contribution in [3.8, 4) is 0 Å². The Morgan fingerprint density at radius 1 is 0.897 bits per heavy atom. The molecule has 0 aromatic heterocycles. The van der Waals surface area contributed by atoms with Crippen molar-refractivity contribution in [1.29, 1.82) is 0 Å². The largest absolute Gasteiger partial charge is 0.352 e. The van der Waals surface area contributed by atoms with Gasteiger partial charge in [0.25, 0.3) is 5.91 Å². The first kappa shape index (κ1) is 22.6. The highest BCUT2D eigenvalue weighted by atomic mass is 16.7. The first-order valence-corrected chi connectivity index (χ1v) is 9.88. The van der Waals surface area contributed by atoms with E-state index < -0.39 is 6.29 Å². The van der Waals surface area contributed by atoms with Crippen LogP contribution >= 0.6 is 0 Å². The highest BCUT2D eigenvalue weighted by Crippen LogP contribution is 2.25. The molecule has 2 aromatic carbocycles. The van der Waals surface area contributed by atoms with Crippen molar-refractivity contribution in [1.82, 2.24) is 10.9 Å². The molecule has 2 aromatic rings. The van der Waals surface area contributed by atoms with Gasteiger partial charge in [0, 0.05) is 31.8 Å². The van der Waals surface area contributed by atoms with E-state index in [1.807, 2.05) is 30.3 Å². The van der Waals surface area contributed by atoms with Crippen molar-refractivity contribution >= 4 is 11.8 Å². The van der Waals surface area contributed by atoms with E-state index in [1.54, 1.807) is 38.5 Å². The van der Waals surface area contributed by atoms with Crippen molar-refractivity contribution in [3.05, 3.63) is 71.3 Å². The van der Waals surface area contributed by atoms with Gasteiger partial charge in [0.15, 0.2) is 6.29 Å². The number of nitrogens with one attached hydrogen (secondary N) is 2. The van der Waals surface area contributed by atoms with Gasteiger partial charge in [-0.3, -0.25) is 20.4 Å². The fourth-order valence-electron chi connectivity index (χ4n) is 3.20. The quantitative estimate of drug-likeness (QED) is 0.467. The van der Waals surface area contributed by atoms with Crippen LogP contribution in [0.3, 0.4) is 0 Å². The molecular formula is C23H30N2O4. The van der Waals surface area contributed by atoms with Crippen LogP contribution in [0.25, 0.3) is 0 Å². The van der Waals surface area contributed by atoms with Crippen LogP contribution in [0.1, 0.15) is 66.3 Å². The van der Waals surface area contributed by atoms with E-state index in [0.717, 1.165) is 30.4 Å². The number of ether oxygens (including phenoxy) is 2. The Morgan fingerprint density at radius 3 is 2.14 bits per heavy atom. The maximum atomic E-state index is 12.4. The van der Waals surface area contributed by atoms with Gasteiger partial charge in [0.2, 0.25) is 5.91 Å². The number of methoxy groups -OCH3 is 2. The van der Waals surface area contributed by atoms with Gasteiger partial charge in [-0.25, -0.2) is 0 Å². The van der Waals surface area contributed by atoms with Gasteiger partial charge < -0.3 is 9.47 Å². The predicted octanol–water partition coefficient (Wildman–Crippen LogP) is 4.10. The average Bonchev–Trinajstić information content (AvgIpc) is 2.77. The molecule has 29 heavy (non-hydrogen) atoms. The van der Waals surface area contributed by atoms with Gasteiger partial charge in [0.1, 0.15) is 0 Å². The second-order valence-corrected chi connectivity index (χ2v) is 6.88. The summed E-state index contributed by atoms with van der Waals surface area (Å²) >= 11 is 0. The third-order valence-corrected chi connectivity index (χ3v) is 4.80. The van der Waals surface area contributed by atoms with E-state index in [0.29, 0.717) is 12.0 Å². The van der Waals surface area contributed by atoms with Crippen molar-refractivity contribution in [2.45, 2.75) is 44.8 Å². The van der Waals surface area contributed by atoms with Crippen LogP contribution in [-0.2, 0) is 14.3 Å². The number of carbonyl (C=O) groups is 2. The molecule has 156 valence electrons. The van der Waals surface area contributed by atoms with Crippen LogP contribution < -0.4 is 10.9 Å². The van der Waals surface area contributed by atoms with Crippen molar-refractivity contribution < 1.29 is 19.1 Å². The van der Waals surface area contributed by atoms with E-state index in [4.69, 9.17) is 9.47 Å². The zero-order valence-electron chi connectivity index (χ0n) is 17.3. The van der Waals surface area contributed by atoms with Crippen LogP contribution in [0.4, 0.5) is 0 Å². The minimum absolute atomic E-state index is 0.132. The average molecular weight is 399 g/mol. The molecule has 0 fully saturated rings. The molecule has 0 saturated carbocycles. The number of carbonyl (C=O) groups excluding carboxylic acids is 2. The second kappa shape index (κ2) is 12.0. The minimum Gasteiger partial charge on any atom is -0.352 e. The van der Waals surface area contributed by atoms with E-state index in [-0.39, 0.29) is 17.7 Å². The Balaban J connectivity index is 1.90. The molecule has 2 rings (SSSR count). The normalized spacial score (nSPS) is 11.9. The van der Waals surface area contributed by atoms with Crippen LogP contribution in [0.2, 0.25) is 0 Å². The molecule has 0 bridgehead atoms. The van der Waals surface area contributed by atoms with Crippen LogP contribution in [0.15, 0.2) is 54.6 Å². The molecule has 0 aliphatic heterocycles. The summed E-state index contributed by atoms with van der Waals surface area (Å²) < 4.78 is 10.4. The zero-order chi connectivity index (χ0) is 21.1. The molecule has 0 aliphatic carbocycles. The smallest absolute Gasteiger partial charge is 0.269 e. The van der Waals surface area contributed by atoms with Crippen LogP contribution in [-0.4, -0.2) is 26.0 Å². The summed E-state index contributed by atoms with van der Waals surface area (Å²) in [6, 6.07) is 16.8. The third-order valence-electron chi connectivity index (χ3n) is 4.80. The first-order valence-electron chi connectivity index (χ1n) is 9.88. The maximum Gasteiger partial charge on any atom is 0.269 e. The van der Waals surface area contributed by atoms with Gasteiger partial charge in [-0.2, -0.15) is 0 Å². The second-order valence-electron chi connectivity index (χ2n) is 6.88. The lowest BCUT2D eigenvalue weighted by Crippen LogP contribution is -2.42. The van der Waals surface area contributed by atoms with Gasteiger partial charge >= 0.3 is 0 Å². The molecule has 6 nitrogen and oxygen atoms in total. The van der Waals surface area contributed by atoms with Gasteiger partial charge in [-0.1, -0.05) is 62.2 Å². The molecule has 0 unspecified atom stereocenters. The van der Waals surface area contributed by atoms with Gasteiger partial charge in [-0.15, -0.1) is 0 Å². The fraction of sp³-hybridized carbons (Fsp3) is 0.391. The summed E-state index contributed by atoms with van der Waals surface area (Å²) in [4.78, 5) is 24.7. The summed E-state index contributed by atoms with van der Waals surface area (Å²) in [5, 5.41) is 0. The molecule has 2 N–H and O–H groups in total. The molecule has 0 heterocycles. The van der Waals surface area contributed by atoms with Crippen molar-refractivity contribution in [2.24, 2.45) is 0 Å². The topological polar surface area (TPSA) is 76.7 Å². The van der Waals surface area contributed by atoms with E-state index in [2.05, 4.69) is 17.8 Å². The SMILES string of the molecule is CCCC[C@@H](CC(=O)NNC(=O)c1ccc(C(OC)OC)cc1)c1ccccc1. The minimum atomic E-state index is -0.482. The molecular weight excluding hydrogens is 368 g/mol. The molecule has 0 spiro atoms. The Kier molecular flexibility index (Phi) is 9.34. The van der Waals surface area contributed by atoms with E-state index >= 15 is 0 Å². The summed E-state index contributed by atoms with van der Waals surface area (Å²) in [5.41, 5.74) is 7.40. The predicted molar refractivity (Wildman–Crippen MR) is 112 cm³/mol. The summed E-state index contributed by atoms with van der Waals surface area (Å²) in [6.45, 7) is 2.13. The standard InChI is InChI=1S/C23H30N2O4/c1-4-5-9-20(17-10-7-6-8-11-17)16-21(26)24-25-22(27)18-12-14-19(15-13-18)23(28-2)29-3/h6-8,10-15,20,23H,4-5,9,16H2,1-3H3,(H,24,26)(H,25,27)/t20-/m0/s1. The van der Waals surface area contributed by atoms with Crippen molar-refractivity contribution in [2.75, 3.05) is 14.2 Å². The lowest BCUT2D eigenvalue weighted by Gasteiger charge is -2.17. The Morgan fingerprint density at radius 2 is 1.55 bits per heavy atom. The summed E-state index contributed by atoms with van der Waals surface area (Å²) in [5.74, 6) is -0.452. The molecule has 2 amide bonds. The van der Waals surface area contributed by atoms with Crippen LogP contribution in [0, 0.1) is 0 Å². The zero-order valence-corrected chi connectivity index (χ0v) is 17.3. The number of benzene rings is 2. The highest BCUT2D eigenvalue weighted by molar-refractivity contribution is 5.95. The van der Waals surface area contributed by atoms with Gasteiger partial charge in [0.05, 0.1) is 0 Å². The number of rotatable bonds is 10. The Hall–Kier alpha value is -2.70. The summed E-state index contributed by atoms with van der Waals surface area (Å²) in [7, 11) is 3.10. The molecule has 6 heteroatoms. The molecule has 0 aliphatic rings. The lowest BCUT2D eigenvalue weighted by molar-refractivity contribution is -0.122. The molecule has 1 atom stereocenters. The van der Waals surface area contributed by atoms with Crippen LogP contribution in [0.5, 0.6) is 0 Å². The van der Waals surface area contributed by atoms with E-state index in [9.17, 15) is 9.59 Å². The Labute approximate surface area is 172 Å². The molecule has 0 radical (unpaired) electrons. The first-order chi connectivity index (χ1) is 14.1. The summed E-state index contributed by atoms with van der Waals surface area (Å²) in [6.07, 6.45) is 2.90. The maximum absolute atomic E-state index is 12.4. The Bertz CT molecular complexity index is 758. The fourth-order valence-corrected chi connectivity index (χ4v) is 3.20. The number of unbranched alkanes of at least 4 members (excludes halogenated alkanes) is 1. The number of hydrogen-bond donors (Lipinski definition) is 2.